The fraction of sp³-hybridized carbons (Fsp3) is 0.596. The van der Waals surface area contributed by atoms with Crippen LogP contribution >= 0.6 is 0 Å². The first kappa shape index (κ1) is 53.5. The molecule has 7 atom stereocenters. The molecular formula is C52H74N8O10S. The van der Waals surface area contributed by atoms with E-state index in [0.29, 0.717) is 87.1 Å². The van der Waals surface area contributed by atoms with Gasteiger partial charge in [0.1, 0.15) is 35.2 Å². The molecule has 0 saturated carbocycles. The van der Waals surface area contributed by atoms with E-state index in [-0.39, 0.29) is 74.1 Å². The number of allylic oxidation sites excluding steroid dienone is 4. The number of rotatable bonds is 8. The number of nitrogens with zero attached hydrogens (tertiary/aromatic N) is 5. The minimum absolute atomic E-state index is 0.0216. The lowest BCUT2D eigenvalue weighted by Gasteiger charge is -2.36. The molecule has 4 unspecified atom stereocenters. The molecule has 18 nitrogen and oxygen atoms in total. The van der Waals surface area contributed by atoms with Crippen molar-refractivity contribution < 1.29 is 48.1 Å². The fourth-order valence-corrected chi connectivity index (χ4v) is 11.7. The summed E-state index contributed by atoms with van der Waals surface area (Å²) in [5, 5.41) is 40.5. The number of phenolic OH excluding ortho intramolecular Hbond substituents is 2. The van der Waals surface area contributed by atoms with Gasteiger partial charge in [0.2, 0.25) is 0 Å². The molecule has 2 saturated heterocycles. The third-order valence-electron chi connectivity index (χ3n) is 14.5. The van der Waals surface area contributed by atoms with E-state index < -0.39 is 63.8 Å². The Balaban J connectivity index is 1.23. The third-order valence-corrected chi connectivity index (χ3v) is 15.8. The monoisotopic (exact) mass is 1000 g/mol. The van der Waals surface area contributed by atoms with Crippen LogP contribution in [0, 0.1) is 36.5 Å². The lowest BCUT2D eigenvalue weighted by Crippen LogP contribution is -2.43. The summed E-state index contributed by atoms with van der Waals surface area (Å²) in [5.74, 6) is 2.24. The number of amides is 1. The van der Waals surface area contributed by atoms with Crippen molar-refractivity contribution in [2.24, 2.45) is 51.2 Å². The molecule has 5 bridgehead atoms. The second-order valence-corrected chi connectivity index (χ2v) is 22.7. The van der Waals surface area contributed by atoms with Gasteiger partial charge in [-0.25, -0.2) is 5.84 Å². The molecule has 0 aliphatic carbocycles. The van der Waals surface area contributed by atoms with Gasteiger partial charge in [0.05, 0.1) is 28.7 Å². The lowest BCUT2D eigenvalue weighted by atomic mass is 9.80. The molecule has 2 fully saturated rings. The van der Waals surface area contributed by atoms with Gasteiger partial charge in [-0.1, -0.05) is 59.8 Å². The summed E-state index contributed by atoms with van der Waals surface area (Å²) in [5.41, 5.74) is 6.30. The number of aliphatic hydroxyl groups is 1. The summed E-state index contributed by atoms with van der Waals surface area (Å²) < 4.78 is 30.5. The number of piperidine rings is 1. The topological polar surface area (TPSA) is 255 Å². The Kier molecular flexibility index (Phi) is 16.4. The number of esters is 1. The number of likely N-dealkylation sites (tertiary alicyclic amines) is 1. The number of nitrogens with one attached hydrogen (secondary N) is 1. The molecule has 2 aromatic rings. The maximum Gasteiger partial charge on any atom is 0.327 e. The van der Waals surface area contributed by atoms with Crippen molar-refractivity contribution in [2.75, 3.05) is 62.6 Å². The SMILES string of the molecule is C/C1=C/C=C/C(C)C[C@@H](C)C(O)[C@@H](C)C(OC(=O)CN(N)/C=C(\N)CN2CCS(=O)CC2)[C@H](C)C/C=C/OC2(C)Oc3c(C)c(O)c4c(O)c(c5c(c4c3C2=O)=NC2(CCN(CC(C)C)CC2)N=5)NC1=O. The van der Waals surface area contributed by atoms with Gasteiger partial charge in [-0.2, -0.15) is 0 Å². The Morgan fingerprint density at radius 2 is 1.70 bits per heavy atom. The summed E-state index contributed by atoms with van der Waals surface area (Å²) in [6, 6.07) is 0. The fourth-order valence-electron chi connectivity index (χ4n) is 10.5. The van der Waals surface area contributed by atoms with E-state index in [1.54, 1.807) is 32.1 Å². The second kappa shape index (κ2) is 21.8. The Labute approximate surface area is 419 Å². The van der Waals surface area contributed by atoms with Crippen LogP contribution in [0.5, 0.6) is 17.2 Å². The number of hydrogen-bond donors (Lipinski definition) is 6. The van der Waals surface area contributed by atoms with E-state index >= 15 is 0 Å². The first-order chi connectivity index (χ1) is 33.5. The van der Waals surface area contributed by atoms with Crippen LogP contribution in [0.2, 0.25) is 0 Å². The predicted molar refractivity (Wildman–Crippen MR) is 272 cm³/mol. The van der Waals surface area contributed by atoms with Gasteiger partial charge < -0.3 is 50.5 Å². The molecular weight excluding hydrogens is 929 g/mol. The van der Waals surface area contributed by atoms with Gasteiger partial charge in [0.15, 0.2) is 11.4 Å². The molecule has 1 amide bonds. The van der Waals surface area contributed by atoms with Crippen LogP contribution in [-0.2, 0) is 29.9 Å². The summed E-state index contributed by atoms with van der Waals surface area (Å²) >= 11 is 0. The van der Waals surface area contributed by atoms with Crippen molar-refractivity contribution in [2.45, 2.75) is 112 Å². The number of benzene rings is 2. The normalized spacial score (nSPS) is 29.7. The lowest BCUT2D eigenvalue weighted by molar-refractivity contribution is -0.159. The summed E-state index contributed by atoms with van der Waals surface area (Å²) in [4.78, 5) is 57.3. The number of nitrogens with two attached hydrogens (primary N) is 2. The number of carbonyl (C=O) groups excluding carboxylic acids is 3. The maximum absolute atomic E-state index is 14.8. The van der Waals surface area contributed by atoms with Crippen molar-refractivity contribution in [3.05, 3.63) is 69.9 Å². The first-order valence-electron chi connectivity index (χ1n) is 24.9. The van der Waals surface area contributed by atoms with Crippen molar-refractivity contribution in [3.63, 3.8) is 0 Å². The Morgan fingerprint density at radius 1 is 1.03 bits per heavy atom. The van der Waals surface area contributed by atoms with E-state index in [2.05, 4.69) is 29.0 Å². The van der Waals surface area contributed by atoms with Crippen molar-refractivity contribution in [1.29, 1.82) is 0 Å². The number of hydrogen-bond acceptors (Lipinski definition) is 17. The highest BCUT2D eigenvalue weighted by atomic mass is 32.2. The first-order valence-corrected chi connectivity index (χ1v) is 26.4. The Bertz CT molecular complexity index is 2670. The average Bonchev–Trinajstić information content (AvgIpc) is 3.81. The molecule has 6 aliphatic heterocycles. The molecule has 71 heavy (non-hydrogen) atoms. The number of Topliss-reactive ketones (excluding diaryl/α,β-unsaturated/α-hetero) is 1. The largest absolute Gasteiger partial charge is 0.507 e. The van der Waals surface area contributed by atoms with Crippen LogP contribution in [0.1, 0.15) is 97.0 Å². The van der Waals surface area contributed by atoms with Crippen LogP contribution in [0.3, 0.4) is 0 Å². The zero-order chi connectivity index (χ0) is 51.7. The van der Waals surface area contributed by atoms with E-state index in [1.165, 1.54) is 24.4 Å². The standard InChI is InChI=1S/C52H74N8O10S/c1-29(2)25-58-17-15-52(16-18-58)56-41-38-39-45(63)35(8)48-40(38)49(65)51(9,70-48)68-21-11-14-31(4)47(69-37(61)28-60(54)27-36(53)26-59-19-22-71(67)23-20-59)34(7)44(62)33(6)24-30(3)12-10-13-32(5)50(66)55-43(46(39)64)42(41)57-52/h10-13,21,27,29-31,33-34,44,47,62-64H,14-20,22-26,28,53-54H2,1-9H3,(H,55,66)/b12-10+,21-11+,32-13-,36-27-/t30?,31-,33-,34-,44?,47?,51?/m1/s1. The summed E-state index contributed by atoms with van der Waals surface area (Å²) in [6.45, 7) is 20.4. The molecule has 19 heteroatoms. The van der Waals surface area contributed by atoms with Gasteiger partial charge in [0, 0.05) is 116 Å². The number of anilines is 1. The van der Waals surface area contributed by atoms with Gasteiger partial charge >= 0.3 is 11.8 Å². The Morgan fingerprint density at radius 3 is 2.38 bits per heavy atom. The maximum atomic E-state index is 14.8. The van der Waals surface area contributed by atoms with Gasteiger partial charge in [-0.3, -0.25) is 33.5 Å². The molecule has 1 spiro atoms. The Hall–Kier alpha value is -5.34. The molecule has 0 radical (unpaired) electrons. The quantitative estimate of drug-likeness (QED) is 0.0940. The second-order valence-electron chi connectivity index (χ2n) is 21.0. The highest BCUT2D eigenvalue weighted by Gasteiger charge is 2.50. The average molecular weight is 1000 g/mol. The number of hydrazine groups is 1. The molecule has 8 N–H and O–H groups in total. The number of ketones is 1. The van der Waals surface area contributed by atoms with E-state index in [0.717, 1.165) is 6.54 Å². The van der Waals surface area contributed by atoms with E-state index in [9.17, 15) is 33.9 Å². The minimum Gasteiger partial charge on any atom is -0.507 e. The molecule has 6 aliphatic rings. The van der Waals surface area contributed by atoms with Gasteiger partial charge in [0.25, 0.3) is 11.7 Å². The number of fused-ring (bicyclic) bond motifs is 13. The molecule has 6 heterocycles. The highest BCUT2D eigenvalue weighted by Crippen LogP contribution is 2.50. The van der Waals surface area contributed by atoms with Crippen LogP contribution in [0.4, 0.5) is 5.69 Å². The smallest absolute Gasteiger partial charge is 0.327 e. The molecule has 388 valence electrons. The van der Waals surface area contributed by atoms with E-state index in [1.807, 2.05) is 33.8 Å². The molecule has 0 aromatic heterocycles. The van der Waals surface area contributed by atoms with Crippen LogP contribution in [0.15, 0.2) is 58.0 Å². The zero-order valence-corrected chi connectivity index (χ0v) is 43.5. The number of carbonyl (C=O) groups is 3. The number of aliphatic hydroxyl groups excluding tert-OH is 1. The zero-order valence-electron chi connectivity index (χ0n) is 42.7. The van der Waals surface area contributed by atoms with E-state index in [4.69, 9.17) is 35.8 Å². The van der Waals surface area contributed by atoms with Crippen LogP contribution < -0.4 is 32.3 Å². The summed E-state index contributed by atoms with van der Waals surface area (Å²) in [7, 11) is -0.831. The predicted octanol–water partition coefficient (Wildman–Crippen LogP) is 4.17. The van der Waals surface area contributed by atoms with Crippen molar-refractivity contribution >= 4 is 44.9 Å². The third kappa shape index (κ3) is 11.6. The number of phenols is 2. The number of aromatic hydroxyl groups is 2. The van der Waals surface area contributed by atoms with Crippen LogP contribution in [0.25, 0.3) is 10.8 Å². The van der Waals surface area contributed by atoms with Crippen molar-refractivity contribution in [3.8, 4) is 17.2 Å². The van der Waals surface area contributed by atoms with Gasteiger partial charge in [-0.15, -0.1) is 0 Å². The van der Waals surface area contributed by atoms with Crippen molar-refractivity contribution in [1.82, 2.24) is 14.8 Å². The van der Waals surface area contributed by atoms with Gasteiger partial charge in [-0.05, 0) is 56.4 Å². The molecule has 8 rings (SSSR count). The van der Waals surface area contributed by atoms with Crippen LogP contribution in [-0.4, -0.2) is 133 Å². The minimum atomic E-state index is -1.92. The number of ether oxygens (including phenoxy) is 3. The summed E-state index contributed by atoms with van der Waals surface area (Å²) in [6.07, 6.45) is 10.2. The highest BCUT2D eigenvalue weighted by molar-refractivity contribution is 7.85. The molecule has 2 aromatic carbocycles.